The van der Waals surface area contributed by atoms with E-state index in [0.717, 1.165) is 46.4 Å². The number of benzene rings is 1. The molecule has 2 amide bonds. The van der Waals surface area contributed by atoms with Crippen molar-refractivity contribution < 1.29 is 14.0 Å². The quantitative estimate of drug-likeness (QED) is 0.649. The van der Waals surface area contributed by atoms with Gasteiger partial charge in [-0.2, -0.15) is 0 Å². The molecule has 148 valence electrons. The summed E-state index contributed by atoms with van der Waals surface area (Å²) in [4.78, 5) is 33.6. The maximum atomic E-state index is 13.0. The Morgan fingerprint density at radius 3 is 2.48 bits per heavy atom. The number of furan rings is 1. The molecule has 1 aliphatic carbocycles. The first-order valence-corrected chi connectivity index (χ1v) is 10.2. The molecular weight excluding hydrogens is 390 g/mol. The maximum Gasteiger partial charge on any atom is 0.289 e. The van der Waals surface area contributed by atoms with Gasteiger partial charge in [0.1, 0.15) is 0 Å². The summed E-state index contributed by atoms with van der Waals surface area (Å²) in [6.45, 7) is 1.94. The van der Waals surface area contributed by atoms with E-state index in [1.807, 2.05) is 18.2 Å². The highest BCUT2D eigenvalue weighted by Gasteiger charge is 2.27. The zero-order valence-corrected chi connectivity index (χ0v) is 16.6. The van der Waals surface area contributed by atoms with Crippen LogP contribution in [0.1, 0.15) is 38.6 Å². The standard InChI is InChI=1S/C22H20ClN3O3/c23-20-15-3-1-4-17(15)24-18-13-14(6-7-16(18)20)21(27)25-8-10-26(11-9-25)22(28)19-5-2-12-29-19/h2,5-7,12-13H,1,3-4,8-11H2. The number of halogens is 1. The summed E-state index contributed by atoms with van der Waals surface area (Å²) >= 11 is 6.58. The van der Waals surface area contributed by atoms with Crippen molar-refractivity contribution in [3.63, 3.8) is 0 Å². The van der Waals surface area contributed by atoms with Crippen molar-refractivity contribution in [2.24, 2.45) is 0 Å². The molecule has 1 aromatic carbocycles. The van der Waals surface area contributed by atoms with Crippen LogP contribution in [0.4, 0.5) is 0 Å². The van der Waals surface area contributed by atoms with Crippen molar-refractivity contribution in [3.05, 3.63) is 64.2 Å². The van der Waals surface area contributed by atoms with E-state index in [-0.39, 0.29) is 11.8 Å². The van der Waals surface area contributed by atoms with Crippen molar-refractivity contribution in [3.8, 4) is 0 Å². The molecule has 0 saturated carbocycles. The van der Waals surface area contributed by atoms with Crippen molar-refractivity contribution in [1.82, 2.24) is 14.8 Å². The van der Waals surface area contributed by atoms with Gasteiger partial charge in [-0.3, -0.25) is 14.6 Å². The van der Waals surface area contributed by atoms with Crippen LogP contribution in [-0.2, 0) is 12.8 Å². The largest absolute Gasteiger partial charge is 0.459 e. The maximum absolute atomic E-state index is 13.0. The predicted molar refractivity (Wildman–Crippen MR) is 109 cm³/mol. The van der Waals surface area contributed by atoms with Gasteiger partial charge < -0.3 is 14.2 Å². The first-order valence-electron chi connectivity index (χ1n) is 9.85. The Kier molecular flexibility index (Phi) is 4.51. The number of hydrogen-bond acceptors (Lipinski definition) is 4. The summed E-state index contributed by atoms with van der Waals surface area (Å²) in [5.41, 5.74) is 3.57. The zero-order valence-electron chi connectivity index (χ0n) is 15.9. The molecule has 7 heteroatoms. The van der Waals surface area contributed by atoms with E-state index in [0.29, 0.717) is 37.5 Å². The molecule has 29 heavy (non-hydrogen) atoms. The summed E-state index contributed by atoms with van der Waals surface area (Å²) in [6, 6.07) is 8.90. The molecule has 0 unspecified atom stereocenters. The fourth-order valence-electron chi connectivity index (χ4n) is 4.19. The molecule has 3 heterocycles. The lowest BCUT2D eigenvalue weighted by molar-refractivity contribution is 0.0518. The van der Waals surface area contributed by atoms with Gasteiger partial charge in [0.2, 0.25) is 0 Å². The molecule has 0 N–H and O–H groups in total. The normalized spacial score (nSPS) is 16.3. The lowest BCUT2D eigenvalue weighted by Crippen LogP contribution is -2.50. The fraction of sp³-hybridized carbons (Fsp3) is 0.318. The van der Waals surface area contributed by atoms with Crippen molar-refractivity contribution in [1.29, 1.82) is 0 Å². The second-order valence-electron chi connectivity index (χ2n) is 7.50. The van der Waals surface area contributed by atoms with E-state index in [1.165, 1.54) is 6.26 Å². The smallest absolute Gasteiger partial charge is 0.289 e. The second-order valence-corrected chi connectivity index (χ2v) is 7.88. The fourth-order valence-corrected chi connectivity index (χ4v) is 4.55. The number of rotatable bonds is 2. The minimum atomic E-state index is -0.138. The van der Waals surface area contributed by atoms with E-state index in [2.05, 4.69) is 0 Å². The van der Waals surface area contributed by atoms with Crippen LogP contribution in [0.5, 0.6) is 0 Å². The van der Waals surface area contributed by atoms with E-state index in [4.69, 9.17) is 21.0 Å². The van der Waals surface area contributed by atoms with Gasteiger partial charge in [0.25, 0.3) is 11.8 Å². The van der Waals surface area contributed by atoms with Crippen LogP contribution in [-0.4, -0.2) is 52.8 Å². The molecule has 1 aliphatic heterocycles. The van der Waals surface area contributed by atoms with E-state index in [9.17, 15) is 9.59 Å². The predicted octanol–water partition coefficient (Wildman–Crippen LogP) is 3.57. The van der Waals surface area contributed by atoms with Gasteiger partial charge in [-0.05, 0) is 49.1 Å². The molecule has 2 aliphatic rings. The number of aryl methyl sites for hydroxylation is 1. The number of nitrogens with zero attached hydrogens (tertiary/aromatic N) is 3. The molecule has 1 saturated heterocycles. The van der Waals surface area contributed by atoms with Gasteiger partial charge in [-0.25, -0.2) is 0 Å². The van der Waals surface area contributed by atoms with Crippen LogP contribution in [0.2, 0.25) is 5.02 Å². The SMILES string of the molecule is O=C(c1ccc2c(Cl)c3c(nc2c1)CCC3)N1CCN(C(=O)c2ccco2)CC1. The summed E-state index contributed by atoms with van der Waals surface area (Å²) in [7, 11) is 0. The minimum Gasteiger partial charge on any atom is -0.459 e. The lowest BCUT2D eigenvalue weighted by atomic mass is 10.1. The third-order valence-corrected chi connectivity index (χ3v) is 6.21. The topological polar surface area (TPSA) is 66.7 Å². The number of carbonyl (C=O) groups is 2. The van der Waals surface area contributed by atoms with Gasteiger partial charge in [0.15, 0.2) is 5.76 Å². The number of amides is 2. The highest BCUT2D eigenvalue weighted by molar-refractivity contribution is 6.36. The number of carbonyl (C=O) groups excluding carboxylic acids is 2. The Bertz CT molecular complexity index is 1100. The number of hydrogen-bond donors (Lipinski definition) is 0. The number of pyridine rings is 1. The second kappa shape index (κ2) is 7.19. The minimum absolute atomic E-state index is 0.0459. The molecule has 0 spiro atoms. The van der Waals surface area contributed by atoms with Gasteiger partial charge >= 0.3 is 0 Å². The van der Waals surface area contributed by atoms with E-state index >= 15 is 0 Å². The molecule has 5 rings (SSSR count). The average Bonchev–Trinajstić information content (AvgIpc) is 3.45. The third kappa shape index (κ3) is 3.17. The molecule has 0 radical (unpaired) electrons. The first-order chi connectivity index (χ1) is 14.1. The summed E-state index contributed by atoms with van der Waals surface area (Å²) in [5.74, 6) is 0.144. The number of aromatic nitrogens is 1. The highest BCUT2D eigenvalue weighted by Crippen LogP contribution is 2.34. The van der Waals surface area contributed by atoms with Crippen LogP contribution in [0.25, 0.3) is 10.9 Å². The van der Waals surface area contributed by atoms with Crippen molar-refractivity contribution >= 4 is 34.3 Å². The molecule has 1 fully saturated rings. The Morgan fingerprint density at radius 1 is 1.00 bits per heavy atom. The lowest BCUT2D eigenvalue weighted by Gasteiger charge is -2.34. The van der Waals surface area contributed by atoms with Gasteiger partial charge in [-0.1, -0.05) is 17.7 Å². The Labute approximate surface area is 173 Å². The molecular formula is C22H20ClN3O3. The summed E-state index contributed by atoms with van der Waals surface area (Å²) < 4.78 is 5.18. The van der Waals surface area contributed by atoms with Gasteiger partial charge in [-0.15, -0.1) is 0 Å². The van der Waals surface area contributed by atoms with E-state index < -0.39 is 0 Å². The Balaban J connectivity index is 1.33. The summed E-state index contributed by atoms with van der Waals surface area (Å²) in [5, 5.41) is 1.67. The molecule has 3 aromatic rings. The Hall–Kier alpha value is -2.86. The van der Waals surface area contributed by atoms with Crippen LogP contribution in [0.15, 0.2) is 41.0 Å². The van der Waals surface area contributed by atoms with Crippen LogP contribution >= 0.6 is 11.6 Å². The molecule has 2 aromatic heterocycles. The van der Waals surface area contributed by atoms with Crippen LogP contribution < -0.4 is 0 Å². The third-order valence-electron chi connectivity index (χ3n) is 5.78. The van der Waals surface area contributed by atoms with Crippen molar-refractivity contribution in [2.45, 2.75) is 19.3 Å². The highest BCUT2D eigenvalue weighted by atomic mass is 35.5. The number of piperazine rings is 1. The summed E-state index contributed by atoms with van der Waals surface area (Å²) in [6.07, 6.45) is 4.47. The monoisotopic (exact) mass is 409 g/mol. The van der Waals surface area contributed by atoms with Gasteiger partial charge in [0, 0.05) is 42.8 Å². The molecule has 0 atom stereocenters. The van der Waals surface area contributed by atoms with Crippen LogP contribution in [0.3, 0.4) is 0 Å². The van der Waals surface area contributed by atoms with Gasteiger partial charge in [0.05, 0.1) is 16.8 Å². The number of fused-ring (bicyclic) bond motifs is 2. The van der Waals surface area contributed by atoms with Crippen molar-refractivity contribution in [2.75, 3.05) is 26.2 Å². The molecule has 6 nitrogen and oxygen atoms in total. The van der Waals surface area contributed by atoms with E-state index in [1.54, 1.807) is 21.9 Å². The molecule has 0 bridgehead atoms. The van der Waals surface area contributed by atoms with Crippen LogP contribution in [0, 0.1) is 0 Å². The Morgan fingerprint density at radius 2 is 1.76 bits per heavy atom. The average molecular weight is 410 g/mol. The first kappa shape index (κ1) is 18.2. The zero-order chi connectivity index (χ0) is 20.0.